The highest BCUT2D eigenvalue weighted by molar-refractivity contribution is 7.92. The SMILES string of the molecule is CS(=O)(=O)Nc1ccc2[nH]cc(CC3CCN(Cc4ccccc4)C3)c2c1.Cl. The second-order valence-corrected chi connectivity index (χ2v) is 9.28. The van der Waals surface area contributed by atoms with Crippen molar-refractivity contribution in [2.24, 2.45) is 5.92 Å². The number of aromatic nitrogens is 1. The van der Waals surface area contributed by atoms with E-state index in [0.29, 0.717) is 11.6 Å². The molecule has 150 valence electrons. The molecule has 4 rings (SSSR count). The normalized spacial score (nSPS) is 17.5. The number of aromatic amines is 1. The maximum Gasteiger partial charge on any atom is 0.229 e. The van der Waals surface area contributed by atoms with Crippen LogP contribution in [0.4, 0.5) is 5.69 Å². The van der Waals surface area contributed by atoms with Gasteiger partial charge in [-0.05, 0) is 54.6 Å². The average Bonchev–Trinajstić information content (AvgIpc) is 3.22. The van der Waals surface area contributed by atoms with E-state index in [2.05, 4.69) is 51.1 Å². The Balaban J connectivity index is 0.00000225. The second-order valence-electron chi connectivity index (χ2n) is 7.53. The van der Waals surface area contributed by atoms with E-state index in [4.69, 9.17) is 0 Å². The van der Waals surface area contributed by atoms with Gasteiger partial charge in [-0.1, -0.05) is 30.3 Å². The van der Waals surface area contributed by atoms with E-state index in [1.807, 2.05) is 12.1 Å². The number of halogens is 1. The van der Waals surface area contributed by atoms with Crippen molar-refractivity contribution in [3.05, 3.63) is 65.9 Å². The maximum atomic E-state index is 11.5. The Morgan fingerprint density at radius 3 is 2.71 bits per heavy atom. The maximum absolute atomic E-state index is 11.5. The van der Waals surface area contributed by atoms with Crippen LogP contribution in [-0.2, 0) is 23.0 Å². The first-order chi connectivity index (χ1) is 13.0. The lowest BCUT2D eigenvalue weighted by Crippen LogP contribution is -2.20. The van der Waals surface area contributed by atoms with E-state index in [1.54, 1.807) is 6.07 Å². The fourth-order valence-electron chi connectivity index (χ4n) is 4.00. The molecule has 0 amide bonds. The fraction of sp³-hybridized carbons (Fsp3) is 0.333. The molecule has 2 heterocycles. The molecule has 1 saturated heterocycles. The molecule has 1 atom stereocenters. The molecule has 1 aliphatic rings. The Hall–Kier alpha value is -2.02. The van der Waals surface area contributed by atoms with Crippen molar-refractivity contribution >= 4 is 39.0 Å². The lowest BCUT2D eigenvalue weighted by Gasteiger charge is -2.16. The molecule has 0 spiro atoms. The van der Waals surface area contributed by atoms with Crippen LogP contribution in [0, 0.1) is 5.92 Å². The van der Waals surface area contributed by atoms with E-state index in [9.17, 15) is 8.42 Å². The van der Waals surface area contributed by atoms with Gasteiger partial charge in [-0.3, -0.25) is 9.62 Å². The van der Waals surface area contributed by atoms with Crippen LogP contribution in [0.2, 0.25) is 0 Å². The lowest BCUT2D eigenvalue weighted by molar-refractivity contribution is 0.316. The van der Waals surface area contributed by atoms with E-state index in [0.717, 1.165) is 37.0 Å². The Morgan fingerprint density at radius 1 is 1.18 bits per heavy atom. The summed E-state index contributed by atoms with van der Waals surface area (Å²) in [6.07, 6.45) is 5.44. The fourth-order valence-corrected chi connectivity index (χ4v) is 4.56. The van der Waals surface area contributed by atoms with Crippen LogP contribution in [0.1, 0.15) is 17.5 Å². The van der Waals surface area contributed by atoms with Gasteiger partial charge in [0.15, 0.2) is 0 Å². The number of nitrogens with one attached hydrogen (secondary N) is 2. The van der Waals surface area contributed by atoms with Gasteiger partial charge in [0.25, 0.3) is 0 Å². The quantitative estimate of drug-likeness (QED) is 0.634. The molecule has 0 aliphatic carbocycles. The molecular formula is C21H26ClN3O2S. The molecule has 1 aromatic heterocycles. The van der Waals surface area contributed by atoms with Crippen molar-refractivity contribution in [2.45, 2.75) is 19.4 Å². The summed E-state index contributed by atoms with van der Waals surface area (Å²) >= 11 is 0. The van der Waals surface area contributed by atoms with Crippen LogP contribution in [0.3, 0.4) is 0 Å². The summed E-state index contributed by atoms with van der Waals surface area (Å²) in [5.41, 5.74) is 4.28. The zero-order valence-corrected chi connectivity index (χ0v) is 17.5. The number of H-pyrrole nitrogens is 1. The molecule has 2 N–H and O–H groups in total. The number of fused-ring (bicyclic) bond motifs is 1. The van der Waals surface area contributed by atoms with Gasteiger partial charge >= 0.3 is 0 Å². The summed E-state index contributed by atoms with van der Waals surface area (Å²) < 4.78 is 25.6. The van der Waals surface area contributed by atoms with Crippen molar-refractivity contribution in [1.29, 1.82) is 0 Å². The van der Waals surface area contributed by atoms with Crippen LogP contribution >= 0.6 is 12.4 Å². The Bertz CT molecular complexity index is 1030. The first-order valence-corrected chi connectivity index (χ1v) is 11.2. The summed E-state index contributed by atoms with van der Waals surface area (Å²) in [5, 5.41) is 1.10. The first-order valence-electron chi connectivity index (χ1n) is 9.30. The van der Waals surface area contributed by atoms with E-state index in [1.165, 1.54) is 23.8 Å². The molecule has 0 bridgehead atoms. The zero-order chi connectivity index (χ0) is 18.9. The molecule has 1 unspecified atom stereocenters. The number of nitrogens with zero attached hydrogens (tertiary/aromatic N) is 1. The third kappa shape index (κ3) is 5.07. The van der Waals surface area contributed by atoms with Gasteiger partial charge in [0, 0.05) is 35.9 Å². The van der Waals surface area contributed by atoms with Crippen molar-refractivity contribution in [2.75, 3.05) is 24.1 Å². The minimum absolute atomic E-state index is 0. The summed E-state index contributed by atoms with van der Waals surface area (Å²) in [5.74, 6) is 0.624. The van der Waals surface area contributed by atoms with Crippen molar-refractivity contribution < 1.29 is 8.42 Å². The minimum Gasteiger partial charge on any atom is -0.361 e. The third-order valence-corrected chi connectivity index (χ3v) is 5.80. The minimum atomic E-state index is -3.27. The topological polar surface area (TPSA) is 65.2 Å². The molecule has 5 nitrogen and oxygen atoms in total. The molecule has 0 saturated carbocycles. The Labute approximate surface area is 172 Å². The second kappa shape index (κ2) is 8.55. The zero-order valence-electron chi connectivity index (χ0n) is 15.9. The number of likely N-dealkylation sites (tertiary alicyclic amines) is 1. The molecule has 1 aliphatic heterocycles. The van der Waals surface area contributed by atoms with E-state index < -0.39 is 10.0 Å². The van der Waals surface area contributed by atoms with Crippen molar-refractivity contribution in [1.82, 2.24) is 9.88 Å². The summed E-state index contributed by atoms with van der Waals surface area (Å²) in [4.78, 5) is 5.83. The van der Waals surface area contributed by atoms with Gasteiger partial charge < -0.3 is 4.98 Å². The van der Waals surface area contributed by atoms with E-state index in [-0.39, 0.29) is 12.4 Å². The number of sulfonamides is 1. The predicted molar refractivity (Wildman–Crippen MR) is 118 cm³/mol. The van der Waals surface area contributed by atoms with Gasteiger partial charge in [-0.25, -0.2) is 8.42 Å². The lowest BCUT2D eigenvalue weighted by atomic mass is 9.98. The molecule has 7 heteroatoms. The van der Waals surface area contributed by atoms with Gasteiger partial charge in [-0.2, -0.15) is 0 Å². The Kier molecular flexibility index (Phi) is 6.33. The highest BCUT2D eigenvalue weighted by Gasteiger charge is 2.23. The van der Waals surface area contributed by atoms with Crippen LogP contribution in [0.15, 0.2) is 54.7 Å². The smallest absolute Gasteiger partial charge is 0.229 e. The Morgan fingerprint density at radius 2 is 1.96 bits per heavy atom. The summed E-state index contributed by atoms with van der Waals surface area (Å²) in [6.45, 7) is 3.24. The van der Waals surface area contributed by atoms with Crippen LogP contribution in [-0.4, -0.2) is 37.6 Å². The monoisotopic (exact) mass is 419 g/mol. The van der Waals surface area contributed by atoms with Gasteiger partial charge in [0.1, 0.15) is 0 Å². The third-order valence-electron chi connectivity index (χ3n) is 5.20. The standard InChI is InChI=1S/C21H25N3O2S.ClH/c1-27(25,26)23-19-7-8-21-20(12-19)18(13-22-21)11-17-9-10-24(15-17)14-16-5-3-2-4-6-16;/h2-8,12-13,17,22-23H,9-11,14-15H2,1H3;1H. The number of hydrogen-bond acceptors (Lipinski definition) is 3. The van der Waals surface area contributed by atoms with Crippen molar-refractivity contribution in [3.63, 3.8) is 0 Å². The molecule has 28 heavy (non-hydrogen) atoms. The molecule has 1 fully saturated rings. The number of anilines is 1. The highest BCUT2D eigenvalue weighted by atomic mass is 35.5. The van der Waals surface area contributed by atoms with Gasteiger partial charge in [0.05, 0.1) is 6.26 Å². The first kappa shape index (κ1) is 20.7. The van der Waals surface area contributed by atoms with E-state index >= 15 is 0 Å². The number of rotatable bonds is 6. The molecule has 0 radical (unpaired) electrons. The summed E-state index contributed by atoms with van der Waals surface area (Å²) in [7, 11) is -3.27. The average molecular weight is 420 g/mol. The van der Waals surface area contributed by atoms with Crippen molar-refractivity contribution in [3.8, 4) is 0 Å². The van der Waals surface area contributed by atoms with Crippen LogP contribution in [0.25, 0.3) is 10.9 Å². The van der Waals surface area contributed by atoms with Crippen LogP contribution < -0.4 is 4.72 Å². The predicted octanol–water partition coefficient (Wildman–Crippen LogP) is 4.03. The van der Waals surface area contributed by atoms with Gasteiger partial charge in [0.2, 0.25) is 10.0 Å². The number of hydrogen-bond donors (Lipinski definition) is 2. The van der Waals surface area contributed by atoms with Crippen LogP contribution in [0.5, 0.6) is 0 Å². The highest BCUT2D eigenvalue weighted by Crippen LogP contribution is 2.28. The molecular weight excluding hydrogens is 394 g/mol. The summed E-state index contributed by atoms with van der Waals surface area (Å²) in [6, 6.07) is 16.3. The molecule has 2 aromatic carbocycles. The van der Waals surface area contributed by atoms with Gasteiger partial charge in [-0.15, -0.1) is 12.4 Å². The molecule has 3 aromatic rings. The largest absolute Gasteiger partial charge is 0.361 e. The number of benzene rings is 2.